The molecule has 25 heavy (non-hydrogen) atoms. The third kappa shape index (κ3) is 6.85. The summed E-state index contributed by atoms with van der Waals surface area (Å²) in [5.41, 5.74) is 4.01. The maximum atomic E-state index is 10.4. The summed E-state index contributed by atoms with van der Waals surface area (Å²) >= 11 is 0. The fraction of sp³-hybridized carbons (Fsp3) is 0.350. The summed E-state index contributed by atoms with van der Waals surface area (Å²) in [4.78, 5) is 10.4. The largest absolute Gasteiger partial charge is 0.496 e. The van der Waals surface area contributed by atoms with Crippen LogP contribution in [-0.4, -0.2) is 37.0 Å². The minimum Gasteiger partial charge on any atom is -0.496 e. The van der Waals surface area contributed by atoms with E-state index in [2.05, 4.69) is 0 Å². The van der Waals surface area contributed by atoms with Crippen LogP contribution in [0, 0.1) is 13.8 Å². The minimum atomic E-state index is -0.828. The van der Waals surface area contributed by atoms with Gasteiger partial charge in [-0.3, -0.25) is 4.79 Å². The first kappa shape index (κ1) is 20.5. The van der Waals surface area contributed by atoms with Crippen molar-refractivity contribution in [2.24, 2.45) is 0 Å². The van der Waals surface area contributed by atoms with Crippen LogP contribution in [0.15, 0.2) is 36.4 Å². The Morgan fingerprint density at radius 3 is 1.84 bits per heavy atom. The fourth-order valence-electron chi connectivity index (χ4n) is 2.30. The number of carboxylic acid groups (broad SMARTS) is 1. The van der Waals surface area contributed by atoms with Crippen molar-refractivity contribution in [3.8, 4) is 11.5 Å². The monoisotopic (exact) mass is 346 g/mol. The highest BCUT2D eigenvalue weighted by Crippen LogP contribution is 2.19. The number of aliphatic hydroxyl groups is 1. The lowest BCUT2D eigenvalue weighted by atomic mass is 10.1. The Hall–Kier alpha value is -2.53. The van der Waals surface area contributed by atoms with Gasteiger partial charge in [-0.05, 0) is 54.7 Å². The van der Waals surface area contributed by atoms with Crippen molar-refractivity contribution in [3.63, 3.8) is 0 Å². The van der Waals surface area contributed by atoms with E-state index in [4.69, 9.17) is 19.7 Å². The second-order valence-electron chi connectivity index (χ2n) is 5.65. The zero-order chi connectivity index (χ0) is 18.8. The molecule has 0 unspecified atom stereocenters. The summed E-state index contributed by atoms with van der Waals surface area (Å²) in [7, 11) is 3.23. The molecule has 0 spiro atoms. The molecule has 0 bridgehead atoms. The molecule has 0 aliphatic heterocycles. The van der Waals surface area contributed by atoms with Crippen LogP contribution in [0.5, 0.6) is 11.5 Å². The van der Waals surface area contributed by atoms with Crippen molar-refractivity contribution in [3.05, 3.63) is 58.7 Å². The van der Waals surface area contributed by atoms with E-state index in [1.807, 2.05) is 38.1 Å². The van der Waals surface area contributed by atoms with Gasteiger partial charge in [-0.1, -0.05) is 24.3 Å². The second-order valence-corrected chi connectivity index (χ2v) is 5.65. The molecule has 0 aliphatic carbocycles. The number of aryl methyl sites for hydroxylation is 2. The van der Waals surface area contributed by atoms with Gasteiger partial charge in [0.15, 0.2) is 0 Å². The molecular weight excluding hydrogens is 320 g/mol. The van der Waals surface area contributed by atoms with Gasteiger partial charge in [-0.15, -0.1) is 0 Å². The maximum absolute atomic E-state index is 10.4. The predicted molar refractivity (Wildman–Crippen MR) is 97.6 cm³/mol. The Morgan fingerprint density at radius 2 is 1.40 bits per heavy atom. The molecule has 136 valence electrons. The van der Waals surface area contributed by atoms with Crippen molar-refractivity contribution in [1.82, 2.24) is 0 Å². The van der Waals surface area contributed by atoms with Gasteiger partial charge in [-0.2, -0.15) is 0 Å². The summed E-state index contributed by atoms with van der Waals surface area (Å²) < 4.78 is 10.2. The zero-order valence-corrected chi connectivity index (χ0v) is 15.2. The Bertz CT molecular complexity index is 694. The van der Waals surface area contributed by atoms with Gasteiger partial charge in [-0.25, -0.2) is 0 Å². The standard InChI is InChI=1S/C10H12O3.C10H14O2/c1-7-3-4-8(6-10(11)12)5-9(7)13-2;1-8-3-4-9(5-6-11)7-10(8)12-2/h3-5H,6H2,1-2H3,(H,11,12);3-4,7,11H,5-6H2,1-2H3. The average molecular weight is 346 g/mol. The van der Waals surface area contributed by atoms with Crippen LogP contribution in [0.25, 0.3) is 0 Å². The quantitative estimate of drug-likeness (QED) is 0.840. The highest BCUT2D eigenvalue weighted by atomic mass is 16.5. The molecule has 2 rings (SSSR count). The van der Waals surface area contributed by atoms with Crippen molar-refractivity contribution >= 4 is 5.97 Å². The molecule has 0 aromatic heterocycles. The molecule has 0 saturated carbocycles. The van der Waals surface area contributed by atoms with Gasteiger partial charge in [0, 0.05) is 6.61 Å². The van der Waals surface area contributed by atoms with Gasteiger partial charge < -0.3 is 19.7 Å². The Labute approximate surface area is 148 Å². The third-order valence-electron chi connectivity index (χ3n) is 3.70. The normalized spacial score (nSPS) is 9.80. The van der Waals surface area contributed by atoms with E-state index in [0.29, 0.717) is 6.42 Å². The van der Waals surface area contributed by atoms with Gasteiger partial charge in [0.1, 0.15) is 11.5 Å². The lowest BCUT2D eigenvalue weighted by Crippen LogP contribution is -2.00. The number of aliphatic hydroxyl groups excluding tert-OH is 1. The van der Waals surface area contributed by atoms with E-state index in [9.17, 15) is 4.79 Å². The van der Waals surface area contributed by atoms with Crippen molar-refractivity contribution in [2.75, 3.05) is 20.8 Å². The summed E-state index contributed by atoms with van der Waals surface area (Å²) in [6.07, 6.45) is 0.729. The summed E-state index contributed by atoms with van der Waals surface area (Å²) in [5.74, 6) is 0.797. The third-order valence-corrected chi connectivity index (χ3v) is 3.70. The Kier molecular flexibility index (Phi) is 8.50. The van der Waals surface area contributed by atoms with E-state index in [1.165, 1.54) is 0 Å². The topological polar surface area (TPSA) is 76.0 Å². The number of benzene rings is 2. The molecule has 2 aromatic carbocycles. The van der Waals surface area contributed by atoms with Crippen LogP contribution < -0.4 is 9.47 Å². The van der Waals surface area contributed by atoms with Crippen LogP contribution in [0.1, 0.15) is 22.3 Å². The maximum Gasteiger partial charge on any atom is 0.307 e. The van der Waals surface area contributed by atoms with E-state index >= 15 is 0 Å². The van der Waals surface area contributed by atoms with E-state index in [-0.39, 0.29) is 13.0 Å². The predicted octanol–water partition coefficient (Wildman–Crippen LogP) is 3.17. The van der Waals surface area contributed by atoms with Gasteiger partial charge in [0.25, 0.3) is 0 Å². The van der Waals surface area contributed by atoms with Gasteiger partial charge in [0.05, 0.1) is 20.6 Å². The van der Waals surface area contributed by atoms with Crippen molar-refractivity contribution < 1.29 is 24.5 Å². The highest BCUT2D eigenvalue weighted by Gasteiger charge is 2.03. The van der Waals surface area contributed by atoms with E-state index in [0.717, 1.165) is 33.8 Å². The molecule has 0 radical (unpaired) electrons. The molecular formula is C20H26O5. The number of carboxylic acids is 1. The van der Waals surface area contributed by atoms with Crippen LogP contribution >= 0.6 is 0 Å². The van der Waals surface area contributed by atoms with Gasteiger partial charge in [0.2, 0.25) is 0 Å². The molecule has 2 N–H and O–H groups in total. The summed E-state index contributed by atoms with van der Waals surface area (Å²) in [5, 5.41) is 17.3. The van der Waals surface area contributed by atoms with Gasteiger partial charge >= 0.3 is 5.97 Å². The van der Waals surface area contributed by atoms with Crippen molar-refractivity contribution in [2.45, 2.75) is 26.7 Å². The molecule has 2 aromatic rings. The number of hydrogen-bond donors (Lipinski definition) is 2. The number of hydrogen-bond acceptors (Lipinski definition) is 4. The molecule has 0 atom stereocenters. The molecule has 0 fully saturated rings. The SMILES string of the molecule is COc1cc(CC(=O)O)ccc1C.COc1cc(CCO)ccc1C. The lowest BCUT2D eigenvalue weighted by molar-refractivity contribution is -0.136. The molecule has 0 aliphatic rings. The average Bonchev–Trinajstić information content (AvgIpc) is 2.58. The smallest absolute Gasteiger partial charge is 0.307 e. The number of ether oxygens (including phenoxy) is 2. The Morgan fingerprint density at radius 1 is 0.920 bits per heavy atom. The van der Waals surface area contributed by atoms with Crippen LogP contribution in [0.2, 0.25) is 0 Å². The summed E-state index contributed by atoms with van der Waals surface area (Å²) in [6, 6.07) is 11.4. The number of carbonyl (C=O) groups is 1. The molecule has 0 amide bonds. The summed E-state index contributed by atoms with van der Waals surface area (Å²) in [6.45, 7) is 4.11. The number of methoxy groups -OCH3 is 2. The molecule has 0 saturated heterocycles. The fourth-order valence-corrected chi connectivity index (χ4v) is 2.30. The van der Waals surface area contributed by atoms with Crippen molar-refractivity contribution in [1.29, 1.82) is 0 Å². The minimum absolute atomic E-state index is 0.0383. The van der Waals surface area contributed by atoms with Crippen LogP contribution in [0.4, 0.5) is 0 Å². The number of aliphatic carboxylic acids is 1. The first-order chi connectivity index (χ1) is 11.9. The lowest BCUT2D eigenvalue weighted by Gasteiger charge is -2.06. The molecule has 5 heteroatoms. The molecule has 0 heterocycles. The second kappa shape index (κ2) is 10.4. The van der Waals surface area contributed by atoms with E-state index in [1.54, 1.807) is 26.4 Å². The number of rotatable bonds is 6. The van der Waals surface area contributed by atoms with E-state index < -0.39 is 5.97 Å². The van der Waals surface area contributed by atoms with Crippen LogP contribution in [-0.2, 0) is 17.6 Å². The molecule has 5 nitrogen and oxygen atoms in total. The zero-order valence-electron chi connectivity index (χ0n) is 15.2. The first-order valence-electron chi connectivity index (χ1n) is 8.01. The highest BCUT2D eigenvalue weighted by molar-refractivity contribution is 5.70. The Balaban J connectivity index is 0.000000251. The van der Waals surface area contributed by atoms with Crippen LogP contribution in [0.3, 0.4) is 0 Å². The first-order valence-corrected chi connectivity index (χ1v) is 8.01.